The van der Waals surface area contributed by atoms with Crippen LogP contribution in [0, 0.1) is 0 Å². The molecular weight excluding hydrogens is 340 g/mol. The molecule has 0 aliphatic heterocycles. The predicted octanol–water partition coefficient (Wildman–Crippen LogP) is 4.31. The number of anilines is 1. The van der Waals surface area contributed by atoms with Crippen LogP contribution in [0.15, 0.2) is 65.7 Å². The Hall–Kier alpha value is -2.77. The molecule has 0 radical (unpaired) electrons. The molecule has 4 aromatic heterocycles. The van der Waals surface area contributed by atoms with Crippen molar-refractivity contribution in [1.82, 2.24) is 14.5 Å². The Labute approximate surface area is 146 Å². The second-order valence-corrected chi connectivity index (χ2v) is 6.71. The van der Waals surface area contributed by atoms with Gasteiger partial charge in [0.15, 0.2) is 5.13 Å². The molecule has 1 N–H and O–H groups in total. The summed E-state index contributed by atoms with van der Waals surface area (Å²) < 4.78 is 1.92. The zero-order chi connectivity index (χ0) is 16.4. The molecule has 1 amide bonds. The van der Waals surface area contributed by atoms with Gasteiger partial charge in [0.1, 0.15) is 10.6 Å². The van der Waals surface area contributed by atoms with Crippen molar-refractivity contribution in [1.29, 1.82) is 0 Å². The molecule has 0 aliphatic carbocycles. The van der Waals surface area contributed by atoms with Crippen LogP contribution in [-0.2, 0) is 0 Å². The van der Waals surface area contributed by atoms with E-state index in [1.807, 2.05) is 64.1 Å². The molecular formula is C17H12N4OS2. The average Bonchev–Trinajstić information content (AvgIpc) is 3.36. The average molecular weight is 352 g/mol. The van der Waals surface area contributed by atoms with Crippen molar-refractivity contribution in [2.24, 2.45) is 0 Å². The van der Waals surface area contributed by atoms with E-state index in [0.29, 0.717) is 10.0 Å². The van der Waals surface area contributed by atoms with Crippen molar-refractivity contribution in [2.45, 2.75) is 0 Å². The Bertz CT molecular complexity index is 958. The SMILES string of the molecule is O=C(Nc1nc(-c2ccccn2)cs1)c1sccc1-n1cccc1. The summed E-state index contributed by atoms with van der Waals surface area (Å²) in [6, 6.07) is 11.5. The molecule has 118 valence electrons. The molecule has 0 atom stereocenters. The van der Waals surface area contributed by atoms with Gasteiger partial charge in [0.05, 0.1) is 11.4 Å². The molecule has 0 aromatic carbocycles. The van der Waals surface area contributed by atoms with Crippen LogP contribution >= 0.6 is 22.7 Å². The maximum Gasteiger partial charge on any atom is 0.269 e. The molecule has 4 heterocycles. The zero-order valence-electron chi connectivity index (χ0n) is 12.4. The van der Waals surface area contributed by atoms with Gasteiger partial charge < -0.3 is 4.57 Å². The van der Waals surface area contributed by atoms with Crippen molar-refractivity contribution in [2.75, 3.05) is 5.32 Å². The third kappa shape index (κ3) is 2.86. The van der Waals surface area contributed by atoms with Gasteiger partial charge >= 0.3 is 0 Å². The van der Waals surface area contributed by atoms with Crippen molar-refractivity contribution in [3.05, 3.63) is 70.6 Å². The van der Waals surface area contributed by atoms with E-state index in [1.165, 1.54) is 22.7 Å². The number of carbonyl (C=O) groups is 1. The second-order valence-electron chi connectivity index (χ2n) is 4.93. The number of amides is 1. The molecule has 0 saturated heterocycles. The molecule has 0 spiro atoms. The first-order chi connectivity index (χ1) is 11.8. The lowest BCUT2D eigenvalue weighted by Gasteiger charge is -2.04. The van der Waals surface area contributed by atoms with E-state index < -0.39 is 0 Å². The third-order valence-electron chi connectivity index (χ3n) is 3.39. The number of pyridine rings is 1. The van der Waals surface area contributed by atoms with E-state index in [0.717, 1.165) is 17.1 Å². The summed E-state index contributed by atoms with van der Waals surface area (Å²) in [5.41, 5.74) is 2.41. The van der Waals surface area contributed by atoms with Gasteiger partial charge in [-0.1, -0.05) is 6.07 Å². The van der Waals surface area contributed by atoms with E-state index in [-0.39, 0.29) is 5.91 Å². The standard InChI is InChI=1S/C17H12N4OS2/c22-16(15-14(6-10-23-15)21-8-3-4-9-21)20-17-19-13(11-24-17)12-5-1-2-7-18-12/h1-11H,(H,19,20,22). The van der Waals surface area contributed by atoms with Crippen molar-refractivity contribution >= 4 is 33.7 Å². The number of hydrogen-bond donors (Lipinski definition) is 1. The number of nitrogens with zero attached hydrogens (tertiary/aromatic N) is 3. The Morgan fingerprint density at radius 3 is 2.71 bits per heavy atom. The molecule has 4 aromatic rings. The maximum atomic E-state index is 12.6. The lowest BCUT2D eigenvalue weighted by Crippen LogP contribution is -2.12. The lowest BCUT2D eigenvalue weighted by molar-refractivity contribution is 0.103. The third-order valence-corrected chi connectivity index (χ3v) is 5.05. The van der Waals surface area contributed by atoms with E-state index in [4.69, 9.17) is 0 Å². The fourth-order valence-corrected chi connectivity index (χ4v) is 3.77. The summed E-state index contributed by atoms with van der Waals surface area (Å²) in [6.07, 6.45) is 5.56. The maximum absolute atomic E-state index is 12.6. The summed E-state index contributed by atoms with van der Waals surface area (Å²) in [4.78, 5) is 21.9. The first-order valence-electron chi connectivity index (χ1n) is 7.20. The number of thiazole rings is 1. The monoisotopic (exact) mass is 352 g/mol. The quantitative estimate of drug-likeness (QED) is 0.595. The number of rotatable bonds is 4. The van der Waals surface area contributed by atoms with Gasteiger partial charge in [-0.05, 0) is 35.7 Å². The number of hydrogen-bond acceptors (Lipinski definition) is 5. The van der Waals surface area contributed by atoms with Crippen LogP contribution in [0.4, 0.5) is 5.13 Å². The minimum Gasteiger partial charge on any atom is -0.322 e. The minimum absolute atomic E-state index is 0.157. The molecule has 4 rings (SSSR count). The summed E-state index contributed by atoms with van der Waals surface area (Å²) >= 11 is 2.80. The van der Waals surface area contributed by atoms with Crippen molar-refractivity contribution in [3.63, 3.8) is 0 Å². The van der Waals surface area contributed by atoms with Gasteiger partial charge in [-0.15, -0.1) is 22.7 Å². The number of thiophene rings is 1. The first-order valence-corrected chi connectivity index (χ1v) is 8.96. The first kappa shape index (κ1) is 14.8. The van der Waals surface area contributed by atoms with Gasteiger partial charge in [-0.3, -0.25) is 15.1 Å². The highest BCUT2D eigenvalue weighted by molar-refractivity contribution is 7.15. The lowest BCUT2D eigenvalue weighted by atomic mass is 10.3. The number of nitrogens with one attached hydrogen (secondary N) is 1. The predicted molar refractivity (Wildman–Crippen MR) is 96.9 cm³/mol. The van der Waals surface area contributed by atoms with Crippen LogP contribution in [-0.4, -0.2) is 20.4 Å². The van der Waals surface area contributed by atoms with Crippen LogP contribution in [0.2, 0.25) is 0 Å². The molecule has 7 heteroatoms. The minimum atomic E-state index is -0.157. The Morgan fingerprint density at radius 1 is 1.04 bits per heavy atom. The van der Waals surface area contributed by atoms with Gasteiger partial charge in [-0.2, -0.15) is 0 Å². The summed E-state index contributed by atoms with van der Waals surface area (Å²) in [6.45, 7) is 0. The smallest absolute Gasteiger partial charge is 0.269 e. The van der Waals surface area contributed by atoms with Crippen LogP contribution in [0.25, 0.3) is 17.1 Å². The molecule has 0 aliphatic rings. The highest BCUT2D eigenvalue weighted by Crippen LogP contribution is 2.26. The van der Waals surface area contributed by atoms with Gasteiger partial charge in [-0.25, -0.2) is 4.98 Å². The highest BCUT2D eigenvalue weighted by Gasteiger charge is 2.16. The van der Waals surface area contributed by atoms with E-state index >= 15 is 0 Å². The van der Waals surface area contributed by atoms with E-state index in [2.05, 4.69) is 15.3 Å². The van der Waals surface area contributed by atoms with E-state index in [9.17, 15) is 4.79 Å². The fourth-order valence-electron chi connectivity index (χ4n) is 2.29. The largest absolute Gasteiger partial charge is 0.322 e. The number of carbonyl (C=O) groups excluding carboxylic acids is 1. The van der Waals surface area contributed by atoms with Crippen LogP contribution in [0.1, 0.15) is 9.67 Å². The summed E-state index contributed by atoms with van der Waals surface area (Å²) in [5.74, 6) is -0.157. The zero-order valence-corrected chi connectivity index (χ0v) is 14.1. The summed E-state index contributed by atoms with van der Waals surface area (Å²) in [7, 11) is 0. The van der Waals surface area contributed by atoms with Crippen LogP contribution < -0.4 is 5.32 Å². The Kier molecular flexibility index (Phi) is 3.94. The van der Waals surface area contributed by atoms with Crippen LogP contribution in [0.5, 0.6) is 0 Å². The normalized spacial score (nSPS) is 10.7. The van der Waals surface area contributed by atoms with Gasteiger partial charge in [0.25, 0.3) is 5.91 Å². The Morgan fingerprint density at radius 2 is 1.92 bits per heavy atom. The highest BCUT2D eigenvalue weighted by atomic mass is 32.1. The molecule has 0 bridgehead atoms. The molecule has 5 nitrogen and oxygen atoms in total. The molecule has 24 heavy (non-hydrogen) atoms. The second kappa shape index (κ2) is 6.38. The van der Waals surface area contributed by atoms with Gasteiger partial charge in [0.2, 0.25) is 0 Å². The van der Waals surface area contributed by atoms with Crippen molar-refractivity contribution < 1.29 is 4.79 Å². The summed E-state index contributed by atoms with van der Waals surface area (Å²) in [5, 5.41) is 7.23. The molecule has 0 saturated carbocycles. The number of aromatic nitrogens is 3. The molecule has 0 fully saturated rings. The van der Waals surface area contributed by atoms with Gasteiger partial charge in [0, 0.05) is 24.0 Å². The van der Waals surface area contributed by atoms with E-state index in [1.54, 1.807) is 6.20 Å². The fraction of sp³-hybridized carbons (Fsp3) is 0. The van der Waals surface area contributed by atoms with Crippen molar-refractivity contribution in [3.8, 4) is 17.1 Å². The topological polar surface area (TPSA) is 59.8 Å². The van der Waals surface area contributed by atoms with Crippen LogP contribution in [0.3, 0.4) is 0 Å². The Balaban J connectivity index is 1.56. The molecule has 0 unspecified atom stereocenters.